The molecule has 1 nitrogen and oxygen atoms in total. The molecule has 0 saturated carbocycles. The van der Waals surface area contributed by atoms with Gasteiger partial charge >= 0.3 is 0 Å². The second kappa shape index (κ2) is 5.01. The van der Waals surface area contributed by atoms with Gasteiger partial charge in [-0.2, -0.15) is 0 Å². The first-order valence-corrected chi connectivity index (χ1v) is 6.43. The van der Waals surface area contributed by atoms with E-state index in [1.54, 1.807) is 0 Å². The Balaban J connectivity index is 2.07. The molecule has 2 unspecified atom stereocenters. The molecule has 1 aromatic rings. The number of aryl methyl sites for hydroxylation is 2. The van der Waals surface area contributed by atoms with Gasteiger partial charge < -0.3 is 5.32 Å². The van der Waals surface area contributed by atoms with Crippen LogP contribution in [0.1, 0.15) is 30.0 Å². The third-order valence-corrected chi connectivity index (χ3v) is 3.77. The first kappa shape index (κ1) is 11.7. The largest absolute Gasteiger partial charge is 0.316 e. The predicted molar refractivity (Wildman–Crippen MR) is 69.8 cm³/mol. The minimum atomic E-state index is 0.815. The highest BCUT2D eigenvalue weighted by Crippen LogP contribution is 2.23. The molecule has 1 aliphatic rings. The summed E-state index contributed by atoms with van der Waals surface area (Å²) in [6.07, 6.45) is 2.56. The van der Waals surface area contributed by atoms with Gasteiger partial charge in [0.05, 0.1) is 0 Å². The smallest absolute Gasteiger partial charge is 0.00148 e. The molecule has 1 aromatic carbocycles. The van der Waals surface area contributed by atoms with Crippen molar-refractivity contribution in [1.29, 1.82) is 0 Å². The summed E-state index contributed by atoms with van der Waals surface area (Å²) < 4.78 is 0. The van der Waals surface area contributed by atoms with Crippen molar-refractivity contribution in [1.82, 2.24) is 5.32 Å². The lowest BCUT2D eigenvalue weighted by Crippen LogP contribution is -2.36. The van der Waals surface area contributed by atoms with Crippen molar-refractivity contribution in [2.75, 3.05) is 13.1 Å². The molecule has 0 aliphatic carbocycles. The van der Waals surface area contributed by atoms with E-state index < -0.39 is 0 Å². The molecule has 0 aromatic heterocycles. The van der Waals surface area contributed by atoms with Crippen LogP contribution in [0.5, 0.6) is 0 Å². The number of rotatable bonds is 2. The van der Waals surface area contributed by atoms with Gasteiger partial charge in [0, 0.05) is 0 Å². The van der Waals surface area contributed by atoms with Gasteiger partial charge in [-0.1, -0.05) is 36.2 Å². The van der Waals surface area contributed by atoms with Crippen LogP contribution < -0.4 is 5.32 Å². The molecule has 1 fully saturated rings. The van der Waals surface area contributed by atoms with Crippen molar-refractivity contribution in [3.8, 4) is 0 Å². The average Bonchev–Trinajstić information content (AvgIpc) is 2.20. The summed E-state index contributed by atoms with van der Waals surface area (Å²) in [5.41, 5.74) is 4.30. The van der Waals surface area contributed by atoms with Crippen molar-refractivity contribution in [2.45, 2.75) is 33.6 Å². The molecule has 0 spiro atoms. The lowest BCUT2D eigenvalue weighted by Gasteiger charge is -2.29. The van der Waals surface area contributed by atoms with Crippen LogP contribution in [-0.2, 0) is 6.42 Å². The average molecular weight is 217 g/mol. The number of piperidine rings is 1. The maximum Gasteiger partial charge on any atom is -0.00148 e. The molecule has 1 N–H and O–H groups in total. The summed E-state index contributed by atoms with van der Waals surface area (Å²) in [5.74, 6) is 1.68. The zero-order chi connectivity index (χ0) is 11.5. The first-order chi connectivity index (χ1) is 7.65. The number of benzene rings is 1. The van der Waals surface area contributed by atoms with Crippen molar-refractivity contribution in [2.24, 2.45) is 11.8 Å². The van der Waals surface area contributed by atoms with Gasteiger partial charge in [-0.25, -0.2) is 0 Å². The van der Waals surface area contributed by atoms with Crippen molar-refractivity contribution in [3.63, 3.8) is 0 Å². The van der Waals surface area contributed by atoms with Crippen LogP contribution in [0.4, 0.5) is 0 Å². The van der Waals surface area contributed by atoms with Crippen LogP contribution in [0.25, 0.3) is 0 Å². The van der Waals surface area contributed by atoms with E-state index in [-0.39, 0.29) is 0 Å². The fraction of sp³-hybridized carbons (Fsp3) is 0.600. The third kappa shape index (κ3) is 2.85. The maximum absolute atomic E-state index is 3.51. The van der Waals surface area contributed by atoms with Crippen molar-refractivity contribution >= 4 is 0 Å². The zero-order valence-corrected chi connectivity index (χ0v) is 10.7. The topological polar surface area (TPSA) is 12.0 Å². The van der Waals surface area contributed by atoms with E-state index in [0.717, 1.165) is 11.8 Å². The normalized spacial score (nSPS) is 25.7. The molecule has 0 radical (unpaired) electrons. The summed E-state index contributed by atoms with van der Waals surface area (Å²) in [4.78, 5) is 0. The summed E-state index contributed by atoms with van der Waals surface area (Å²) in [7, 11) is 0. The molecule has 2 rings (SSSR count). The van der Waals surface area contributed by atoms with Gasteiger partial charge in [-0.15, -0.1) is 0 Å². The van der Waals surface area contributed by atoms with Gasteiger partial charge in [0.2, 0.25) is 0 Å². The molecular weight excluding hydrogens is 194 g/mol. The quantitative estimate of drug-likeness (QED) is 0.802. The van der Waals surface area contributed by atoms with Gasteiger partial charge in [0.25, 0.3) is 0 Å². The van der Waals surface area contributed by atoms with Crippen LogP contribution in [0, 0.1) is 25.7 Å². The monoisotopic (exact) mass is 217 g/mol. The van der Waals surface area contributed by atoms with E-state index in [1.165, 1.54) is 42.6 Å². The lowest BCUT2D eigenvalue weighted by atomic mass is 9.83. The van der Waals surface area contributed by atoms with Gasteiger partial charge in [0.1, 0.15) is 0 Å². The second-order valence-corrected chi connectivity index (χ2v) is 5.43. The van der Waals surface area contributed by atoms with E-state index in [0.29, 0.717) is 0 Å². The summed E-state index contributed by atoms with van der Waals surface area (Å²) in [6, 6.07) is 6.94. The Labute approximate surface area is 99.3 Å². The fourth-order valence-corrected chi connectivity index (χ4v) is 2.82. The highest BCUT2D eigenvalue weighted by molar-refractivity contribution is 5.28. The van der Waals surface area contributed by atoms with Crippen LogP contribution >= 0.6 is 0 Å². The van der Waals surface area contributed by atoms with Crippen molar-refractivity contribution in [3.05, 3.63) is 34.9 Å². The Morgan fingerprint density at radius 3 is 2.50 bits per heavy atom. The molecule has 1 heterocycles. The molecule has 1 aliphatic heterocycles. The summed E-state index contributed by atoms with van der Waals surface area (Å²) in [6.45, 7) is 9.17. The SMILES string of the molecule is Cc1cc(C)cc(CC2CNCCC2C)c1. The Hall–Kier alpha value is -0.820. The van der Waals surface area contributed by atoms with E-state index in [4.69, 9.17) is 0 Å². The fourth-order valence-electron chi connectivity index (χ4n) is 2.82. The first-order valence-electron chi connectivity index (χ1n) is 6.43. The molecule has 2 atom stereocenters. The lowest BCUT2D eigenvalue weighted by molar-refractivity contribution is 0.272. The van der Waals surface area contributed by atoms with Gasteiger partial charge in [-0.05, 0) is 57.2 Å². The van der Waals surface area contributed by atoms with Crippen LogP contribution in [0.2, 0.25) is 0 Å². The molecule has 1 saturated heterocycles. The molecule has 1 heteroatoms. The Kier molecular flexibility index (Phi) is 3.65. The predicted octanol–water partition coefficient (Wildman–Crippen LogP) is 3.09. The Bertz CT molecular complexity index is 336. The summed E-state index contributed by atoms with van der Waals surface area (Å²) in [5, 5.41) is 3.51. The highest BCUT2D eigenvalue weighted by atomic mass is 14.9. The second-order valence-electron chi connectivity index (χ2n) is 5.43. The van der Waals surface area contributed by atoms with Crippen LogP contribution in [-0.4, -0.2) is 13.1 Å². The van der Waals surface area contributed by atoms with Crippen LogP contribution in [0.3, 0.4) is 0 Å². The standard InChI is InChI=1S/C15H23N/c1-11-6-12(2)8-14(7-11)9-15-10-16-5-4-13(15)3/h6-8,13,15-16H,4-5,9-10H2,1-3H3. The Morgan fingerprint density at radius 1 is 1.19 bits per heavy atom. The van der Waals surface area contributed by atoms with E-state index in [2.05, 4.69) is 44.3 Å². The molecule has 16 heavy (non-hydrogen) atoms. The van der Waals surface area contributed by atoms with Gasteiger partial charge in [-0.3, -0.25) is 0 Å². The molecule has 88 valence electrons. The number of hydrogen-bond donors (Lipinski definition) is 1. The molecule has 0 bridgehead atoms. The van der Waals surface area contributed by atoms with Gasteiger partial charge in [0.15, 0.2) is 0 Å². The number of nitrogens with one attached hydrogen (secondary N) is 1. The number of hydrogen-bond acceptors (Lipinski definition) is 1. The van der Waals surface area contributed by atoms with E-state index >= 15 is 0 Å². The minimum Gasteiger partial charge on any atom is -0.316 e. The molecule has 0 amide bonds. The molecular formula is C15H23N. The van der Waals surface area contributed by atoms with E-state index in [9.17, 15) is 0 Å². The Morgan fingerprint density at radius 2 is 1.88 bits per heavy atom. The third-order valence-electron chi connectivity index (χ3n) is 3.77. The van der Waals surface area contributed by atoms with Crippen LogP contribution in [0.15, 0.2) is 18.2 Å². The summed E-state index contributed by atoms with van der Waals surface area (Å²) >= 11 is 0. The highest BCUT2D eigenvalue weighted by Gasteiger charge is 2.21. The van der Waals surface area contributed by atoms with Crippen molar-refractivity contribution < 1.29 is 0 Å². The minimum absolute atomic E-state index is 0.815. The maximum atomic E-state index is 3.51. The zero-order valence-electron chi connectivity index (χ0n) is 10.7. The van der Waals surface area contributed by atoms with E-state index in [1.807, 2.05) is 0 Å².